The average Bonchev–Trinajstić information content (AvgIpc) is 2.40. The smallest absolute Gasteiger partial charge is 0.125 e. The van der Waals surface area contributed by atoms with Crippen LogP contribution < -0.4 is 5.32 Å². The van der Waals surface area contributed by atoms with E-state index in [1.807, 2.05) is 18.2 Å². The van der Waals surface area contributed by atoms with Crippen molar-refractivity contribution in [3.8, 4) is 0 Å². The second kappa shape index (κ2) is 6.07. The van der Waals surface area contributed by atoms with Crippen molar-refractivity contribution in [1.82, 2.24) is 0 Å². The van der Waals surface area contributed by atoms with Crippen molar-refractivity contribution in [1.29, 1.82) is 0 Å². The lowest BCUT2D eigenvalue weighted by Gasteiger charge is -2.24. The Morgan fingerprint density at radius 1 is 1.05 bits per heavy atom. The first-order chi connectivity index (χ1) is 9.08. The van der Waals surface area contributed by atoms with E-state index in [0.29, 0.717) is 16.6 Å². The van der Waals surface area contributed by atoms with Crippen molar-refractivity contribution >= 4 is 17.3 Å². The third-order valence-electron chi connectivity index (χ3n) is 3.06. The molecular weight excluding hydrogens is 261 g/mol. The summed E-state index contributed by atoms with van der Waals surface area (Å²) < 4.78 is 13.3. The fourth-order valence-electron chi connectivity index (χ4n) is 2.07. The van der Waals surface area contributed by atoms with E-state index < -0.39 is 0 Å². The SMILES string of the molecule is CC(C)C(Nc1cc(F)ccc1Cl)c1ccccc1. The molecule has 0 saturated heterocycles. The van der Waals surface area contributed by atoms with Gasteiger partial charge in [-0.05, 0) is 29.7 Å². The maximum absolute atomic E-state index is 13.3. The fourth-order valence-corrected chi connectivity index (χ4v) is 2.24. The van der Waals surface area contributed by atoms with Crippen LogP contribution in [-0.4, -0.2) is 0 Å². The summed E-state index contributed by atoms with van der Waals surface area (Å²) in [6.07, 6.45) is 0. The minimum atomic E-state index is -0.289. The Bertz CT molecular complexity index is 540. The van der Waals surface area contributed by atoms with Crippen molar-refractivity contribution in [3.63, 3.8) is 0 Å². The lowest BCUT2D eigenvalue weighted by molar-refractivity contribution is 0.545. The highest BCUT2D eigenvalue weighted by Gasteiger charge is 2.16. The van der Waals surface area contributed by atoms with Crippen LogP contribution in [-0.2, 0) is 0 Å². The van der Waals surface area contributed by atoms with Crippen molar-refractivity contribution in [2.45, 2.75) is 19.9 Å². The molecular formula is C16H17ClFN. The Hall–Kier alpha value is -1.54. The monoisotopic (exact) mass is 277 g/mol. The molecule has 2 aromatic rings. The summed E-state index contributed by atoms with van der Waals surface area (Å²) in [5.41, 5.74) is 1.79. The fraction of sp³-hybridized carbons (Fsp3) is 0.250. The molecule has 2 aromatic carbocycles. The molecule has 0 saturated carbocycles. The van der Waals surface area contributed by atoms with E-state index in [0.717, 1.165) is 5.56 Å². The summed E-state index contributed by atoms with van der Waals surface area (Å²) in [7, 11) is 0. The second-order valence-corrected chi connectivity index (χ2v) is 5.31. The number of hydrogen-bond acceptors (Lipinski definition) is 1. The van der Waals surface area contributed by atoms with Crippen LogP contribution in [0.2, 0.25) is 5.02 Å². The Labute approximate surface area is 118 Å². The average molecular weight is 278 g/mol. The van der Waals surface area contributed by atoms with Crippen molar-refractivity contribution < 1.29 is 4.39 Å². The minimum absolute atomic E-state index is 0.0977. The van der Waals surface area contributed by atoms with Gasteiger partial charge in [-0.25, -0.2) is 4.39 Å². The molecule has 1 nitrogen and oxygen atoms in total. The Morgan fingerprint density at radius 2 is 1.74 bits per heavy atom. The molecule has 100 valence electrons. The first kappa shape index (κ1) is 13.9. The molecule has 0 aliphatic rings. The molecule has 2 rings (SSSR count). The molecule has 0 fully saturated rings. The molecule has 0 amide bonds. The summed E-state index contributed by atoms with van der Waals surface area (Å²) in [5.74, 6) is 0.0733. The zero-order chi connectivity index (χ0) is 13.8. The lowest BCUT2D eigenvalue weighted by Crippen LogP contribution is -2.17. The van der Waals surface area contributed by atoms with Crippen molar-refractivity contribution in [2.75, 3.05) is 5.32 Å². The minimum Gasteiger partial charge on any atom is -0.377 e. The Kier molecular flexibility index (Phi) is 4.43. The van der Waals surface area contributed by atoms with Gasteiger partial charge in [-0.15, -0.1) is 0 Å². The van der Waals surface area contributed by atoms with Gasteiger partial charge in [-0.3, -0.25) is 0 Å². The number of nitrogens with one attached hydrogen (secondary N) is 1. The van der Waals surface area contributed by atoms with E-state index >= 15 is 0 Å². The molecule has 0 aliphatic carbocycles. The number of halogens is 2. The van der Waals surface area contributed by atoms with E-state index in [2.05, 4.69) is 31.3 Å². The summed E-state index contributed by atoms with van der Waals surface area (Å²) in [5, 5.41) is 3.86. The van der Waals surface area contributed by atoms with Gasteiger partial charge in [0.1, 0.15) is 5.82 Å². The van der Waals surface area contributed by atoms with Gasteiger partial charge in [-0.1, -0.05) is 55.8 Å². The normalized spacial score (nSPS) is 12.5. The van der Waals surface area contributed by atoms with Gasteiger partial charge in [0.05, 0.1) is 16.8 Å². The maximum atomic E-state index is 13.3. The molecule has 1 atom stereocenters. The van der Waals surface area contributed by atoms with Crippen LogP contribution in [0, 0.1) is 11.7 Å². The number of rotatable bonds is 4. The summed E-state index contributed by atoms with van der Waals surface area (Å²) in [4.78, 5) is 0. The molecule has 3 heteroatoms. The molecule has 0 spiro atoms. The molecule has 0 aromatic heterocycles. The van der Waals surface area contributed by atoms with Gasteiger partial charge in [-0.2, -0.15) is 0 Å². The van der Waals surface area contributed by atoms with Crippen LogP contribution in [0.25, 0.3) is 0 Å². The van der Waals surface area contributed by atoms with Crippen LogP contribution in [0.4, 0.5) is 10.1 Å². The molecule has 0 aliphatic heterocycles. The highest BCUT2D eigenvalue weighted by atomic mass is 35.5. The first-order valence-electron chi connectivity index (χ1n) is 6.34. The van der Waals surface area contributed by atoms with E-state index in [9.17, 15) is 4.39 Å². The Morgan fingerprint density at radius 3 is 2.37 bits per heavy atom. The largest absolute Gasteiger partial charge is 0.377 e. The van der Waals surface area contributed by atoms with Gasteiger partial charge in [0.2, 0.25) is 0 Å². The number of hydrogen-bond donors (Lipinski definition) is 1. The number of anilines is 1. The Balaban J connectivity index is 2.29. The maximum Gasteiger partial charge on any atom is 0.125 e. The van der Waals surface area contributed by atoms with Crippen molar-refractivity contribution in [2.24, 2.45) is 5.92 Å². The summed E-state index contributed by atoms with van der Waals surface area (Å²) in [6, 6.07) is 14.6. The van der Waals surface area contributed by atoms with Gasteiger partial charge in [0.25, 0.3) is 0 Å². The highest BCUT2D eigenvalue weighted by molar-refractivity contribution is 6.33. The van der Waals surface area contributed by atoms with Gasteiger partial charge >= 0.3 is 0 Å². The van der Waals surface area contributed by atoms with E-state index in [-0.39, 0.29) is 11.9 Å². The molecule has 19 heavy (non-hydrogen) atoms. The van der Waals surface area contributed by atoms with Gasteiger partial charge in [0, 0.05) is 0 Å². The van der Waals surface area contributed by atoms with Crippen LogP contribution in [0.5, 0.6) is 0 Å². The van der Waals surface area contributed by atoms with E-state index in [1.54, 1.807) is 6.07 Å². The lowest BCUT2D eigenvalue weighted by atomic mass is 9.96. The molecule has 0 bridgehead atoms. The van der Waals surface area contributed by atoms with E-state index in [4.69, 9.17) is 11.6 Å². The topological polar surface area (TPSA) is 12.0 Å². The van der Waals surface area contributed by atoms with Gasteiger partial charge < -0.3 is 5.32 Å². The molecule has 0 heterocycles. The van der Waals surface area contributed by atoms with Crippen LogP contribution in [0.15, 0.2) is 48.5 Å². The second-order valence-electron chi connectivity index (χ2n) is 4.90. The van der Waals surface area contributed by atoms with Gasteiger partial charge in [0.15, 0.2) is 0 Å². The molecule has 1 N–H and O–H groups in total. The third-order valence-corrected chi connectivity index (χ3v) is 3.39. The third kappa shape index (κ3) is 3.48. The van der Waals surface area contributed by atoms with Crippen LogP contribution in [0.3, 0.4) is 0 Å². The first-order valence-corrected chi connectivity index (χ1v) is 6.72. The standard InChI is InChI=1S/C16H17ClFN/c1-11(2)16(12-6-4-3-5-7-12)19-15-10-13(18)8-9-14(15)17/h3-11,16,19H,1-2H3. The summed E-state index contributed by atoms with van der Waals surface area (Å²) in [6.45, 7) is 4.25. The quantitative estimate of drug-likeness (QED) is 0.801. The van der Waals surface area contributed by atoms with Crippen molar-refractivity contribution in [3.05, 3.63) is 64.9 Å². The zero-order valence-electron chi connectivity index (χ0n) is 11.0. The highest BCUT2D eigenvalue weighted by Crippen LogP contribution is 2.30. The predicted molar refractivity (Wildman–Crippen MR) is 79.1 cm³/mol. The van der Waals surface area contributed by atoms with E-state index in [1.165, 1.54) is 12.1 Å². The molecule has 0 radical (unpaired) electrons. The number of benzene rings is 2. The van der Waals surface area contributed by atoms with Crippen LogP contribution in [0.1, 0.15) is 25.5 Å². The molecule has 1 unspecified atom stereocenters. The zero-order valence-corrected chi connectivity index (χ0v) is 11.8. The summed E-state index contributed by atoms with van der Waals surface area (Å²) >= 11 is 6.10. The predicted octanol–water partition coefficient (Wildman–Crippen LogP) is 5.29. The van der Waals surface area contributed by atoms with Crippen LogP contribution >= 0.6 is 11.6 Å².